The number of halogens is 4. The predicted molar refractivity (Wildman–Crippen MR) is 135 cm³/mol. The molecule has 3 aromatic carbocycles. The minimum absolute atomic E-state index is 0.120. The van der Waals surface area contributed by atoms with Gasteiger partial charge in [0.05, 0.1) is 28.5 Å². The van der Waals surface area contributed by atoms with E-state index in [0.29, 0.717) is 34.3 Å². The van der Waals surface area contributed by atoms with E-state index < -0.39 is 36.0 Å². The number of carbonyl (C=O) groups is 2. The smallest absolute Gasteiger partial charge is 0.416 e. The molecule has 0 saturated heterocycles. The lowest BCUT2D eigenvalue weighted by Crippen LogP contribution is -2.12. The molecule has 0 unspecified atom stereocenters. The number of nitrogens with two attached hydrogens (primary N) is 1. The molecule has 0 spiro atoms. The third-order valence-electron chi connectivity index (χ3n) is 6.40. The average Bonchev–Trinajstić information content (AvgIpc) is 3.16. The number of rotatable bonds is 10. The molecule has 10 heteroatoms. The Kier molecular flexibility index (Phi) is 7.61. The molecule has 0 saturated carbocycles. The van der Waals surface area contributed by atoms with Crippen LogP contribution in [-0.4, -0.2) is 28.2 Å². The van der Waals surface area contributed by atoms with Crippen LogP contribution in [0, 0.1) is 5.82 Å². The maximum atomic E-state index is 14.8. The van der Waals surface area contributed by atoms with Gasteiger partial charge in [-0.15, -0.1) is 0 Å². The first-order chi connectivity index (χ1) is 18.0. The number of aromatic nitrogens is 1. The third kappa shape index (κ3) is 5.44. The molecule has 0 bridgehead atoms. The van der Waals surface area contributed by atoms with Gasteiger partial charge in [-0.05, 0) is 60.9 Å². The Bertz CT molecular complexity index is 1530. The summed E-state index contributed by atoms with van der Waals surface area (Å²) in [5.74, 6) is -2.59. The number of aliphatic carboxylic acids is 1. The summed E-state index contributed by atoms with van der Waals surface area (Å²) in [5, 5.41) is 9.96. The highest BCUT2D eigenvalue weighted by Crippen LogP contribution is 2.40. The first kappa shape index (κ1) is 27.0. The second-order valence-electron chi connectivity index (χ2n) is 9.08. The summed E-state index contributed by atoms with van der Waals surface area (Å²) in [5.41, 5.74) is 6.25. The number of unbranched alkanes of at least 4 members (excludes halogenated alkanes) is 2. The molecular formula is C28H26F4N2O4. The van der Waals surface area contributed by atoms with Gasteiger partial charge in [-0.25, -0.2) is 9.18 Å². The van der Waals surface area contributed by atoms with E-state index in [4.69, 9.17) is 10.5 Å². The van der Waals surface area contributed by atoms with Crippen LogP contribution in [0.15, 0.2) is 48.5 Å². The van der Waals surface area contributed by atoms with Crippen molar-refractivity contribution in [2.75, 3.05) is 6.61 Å². The fourth-order valence-electron chi connectivity index (χ4n) is 4.67. The van der Waals surface area contributed by atoms with Crippen molar-refractivity contribution in [1.29, 1.82) is 0 Å². The number of fused-ring (bicyclic) bond motifs is 3. The first-order valence-electron chi connectivity index (χ1n) is 12.1. The monoisotopic (exact) mass is 530 g/mol. The predicted octanol–water partition coefficient (Wildman–Crippen LogP) is 6.30. The number of alkyl halides is 3. The molecule has 0 aliphatic carbocycles. The van der Waals surface area contributed by atoms with Crippen LogP contribution in [0.2, 0.25) is 0 Å². The summed E-state index contributed by atoms with van der Waals surface area (Å²) >= 11 is 0. The van der Waals surface area contributed by atoms with Crippen molar-refractivity contribution in [3.63, 3.8) is 0 Å². The van der Waals surface area contributed by atoms with Gasteiger partial charge in [-0.1, -0.05) is 25.8 Å². The number of amides is 1. The van der Waals surface area contributed by atoms with Crippen LogP contribution in [0.1, 0.15) is 53.2 Å². The van der Waals surface area contributed by atoms with E-state index in [9.17, 15) is 32.3 Å². The molecule has 4 aromatic rings. The molecular weight excluding hydrogens is 504 g/mol. The van der Waals surface area contributed by atoms with Crippen LogP contribution in [0.5, 0.6) is 5.75 Å². The van der Waals surface area contributed by atoms with E-state index in [1.54, 1.807) is 22.8 Å². The van der Waals surface area contributed by atoms with Gasteiger partial charge in [0.1, 0.15) is 11.6 Å². The number of hydrogen-bond acceptors (Lipinski definition) is 3. The Hall–Kier alpha value is -4.08. The molecule has 6 nitrogen and oxygen atoms in total. The summed E-state index contributed by atoms with van der Waals surface area (Å²) in [6.07, 6.45) is -1.26. The highest BCUT2D eigenvalue weighted by Gasteiger charge is 2.31. The first-order valence-corrected chi connectivity index (χ1v) is 12.1. The van der Waals surface area contributed by atoms with Crippen LogP contribution in [-0.2, 0) is 23.9 Å². The number of benzene rings is 3. The molecule has 1 heterocycles. The molecule has 1 amide bonds. The number of aryl methyl sites for hydroxylation is 1. The van der Waals surface area contributed by atoms with Gasteiger partial charge in [-0.3, -0.25) is 4.79 Å². The molecule has 4 rings (SSSR count). The largest absolute Gasteiger partial charge is 0.481 e. The number of nitrogens with zero attached hydrogens (tertiary/aromatic N) is 1. The van der Waals surface area contributed by atoms with Crippen molar-refractivity contribution in [2.24, 2.45) is 5.73 Å². The standard InChI is InChI=1S/C28H26F4N2O4/c1-2-3-4-6-16-11-22-26(23(12-16)38-15-24(35)36)25-19(27(33)37)7-5-8-21(25)34(22)14-17-13-18(28(30,31)32)9-10-20(17)29/h5,7-13H,2-4,6,14-15H2,1H3,(H2,33,37)(H,35,36). The lowest BCUT2D eigenvalue weighted by molar-refractivity contribution is -0.139. The van der Waals surface area contributed by atoms with E-state index in [-0.39, 0.29) is 23.4 Å². The second-order valence-corrected chi connectivity index (χ2v) is 9.08. The van der Waals surface area contributed by atoms with E-state index in [0.717, 1.165) is 37.0 Å². The van der Waals surface area contributed by atoms with Gasteiger partial charge in [0, 0.05) is 16.5 Å². The Balaban J connectivity index is 2.02. The quantitative estimate of drug-likeness (QED) is 0.186. The molecule has 0 aliphatic heterocycles. The molecule has 3 N–H and O–H groups in total. The highest BCUT2D eigenvalue weighted by molar-refractivity contribution is 6.20. The summed E-state index contributed by atoms with van der Waals surface area (Å²) in [4.78, 5) is 23.6. The molecule has 0 radical (unpaired) electrons. The summed E-state index contributed by atoms with van der Waals surface area (Å²) in [6.45, 7) is 1.12. The fraction of sp³-hybridized carbons (Fsp3) is 0.286. The topological polar surface area (TPSA) is 94.6 Å². The molecule has 0 atom stereocenters. The lowest BCUT2D eigenvalue weighted by Gasteiger charge is -2.14. The maximum absolute atomic E-state index is 14.8. The number of carboxylic acids is 1. The van der Waals surface area contributed by atoms with E-state index in [2.05, 4.69) is 6.92 Å². The van der Waals surface area contributed by atoms with Crippen LogP contribution in [0.3, 0.4) is 0 Å². The van der Waals surface area contributed by atoms with Crippen molar-refractivity contribution >= 4 is 33.7 Å². The zero-order chi connectivity index (χ0) is 27.6. The number of carbonyl (C=O) groups excluding carboxylic acids is 1. The molecule has 38 heavy (non-hydrogen) atoms. The molecule has 0 aliphatic rings. The summed E-state index contributed by atoms with van der Waals surface area (Å²) in [7, 11) is 0. The number of hydrogen-bond donors (Lipinski definition) is 2. The van der Waals surface area contributed by atoms with Gasteiger partial charge >= 0.3 is 12.1 Å². The van der Waals surface area contributed by atoms with E-state index >= 15 is 0 Å². The average molecular weight is 531 g/mol. The Labute approximate surface area is 215 Å². The van der Waals surface area contributed by atoms with Crippen molar-refractivity contribution in [1.82, 2.24) is 4.57 Å². The van der Waals surface area contributed by atoms with Crippen molar-refractivity contribution in [2.45, 2.75) is 45.3 Å². The SMILES string of the molecule is CCCCCc1cc(OCC(=O)O)c2c3c(C(N)=O)cccc3n(Cc3cc(C(F)(F)F)ccc3F)c2c1. The number of ether oxygens (including phenoxy) is 1. The lowest BCUT2D eigenvalue weighted by atomic mass is 10.0. The number of carboxylic acid groups (broad SMARTS) is 1. The van der Waals surface area contributed by atoms with Crippen LogP contribution in [0.4, 0.5) is 17.6 Å². The zero-order valence-electron chi connectivity index (χ0n) is 20.6. The normalized spacial score (nSPS) is 11.8. The van der Waals surface area contributed by atoms with Gasteiger partial charge in [-0.2, -0.15) is 13.2 Å². The zero-order valence-corrected chi connectivity index (χ0v) is 20.6. The van der Waals surface area contributed by atoms with Gasteiger partial charge < -0.3 is 20.1 Å². The minimum atomic E-state index is -4.66. The van der Waals surface area contributed by atoms with Crippen LogP contribution in [0.25, 0.3) is 21.8 Å². The fourth-order valence-corrected chi connectivity index (χ4v) is 4.67. The van der Waals surface area contributed by atoms with Gasteiger partial charge in [0.2, 0.25) is 5.91 Å². The third-order valence-corrected chi connectivity index (χ3v) is 6.40. The van der Waals surface area contributed by atoms with Gasteiger partial charge in [0.15, 0.2) is 6.61 Å². The molecule has 0 fully saturated rings. The van der Waals surface area contributed by atoms with Crippen molar-refractivity contribution in [3.05, 3.63) is 76.6 Å². The number of primary amides is 1. The Morgan fingerprint density at radius 2 is 1.79 bits per heavy atom. The summed E-state index contributed by atoms with van der Waals surface area (Å²) < 4.78 is 62.2. The molecule has 1 aromatic heterocycles. The van der Waals surface area contributed by atoms with Crippen LogP contribution >= 0.6 is 0 Å². The Morgan fingerprint density at radius 3 is 2.45 bits per heavy atom. The van der Waals surface area contributed by atoms with E-state index in [1.807, 2.05) is 6.07 Å². The second kappa shape index (κ2) is 10.7. The highest BCUT2D eigenvalue weighted by atomic mass is 19.4. The molecule has 200 valence electrons. The summed E-state index contributed by atoms with van der Waals surface area (Å²) in [6, 6.07) is 10.4. The van der Waals surface area contributed by atoms with Crippen molar-refractivity contribution < 1.29 is 37.0 Å². The maximum Gasteiger partial charge on any atom is 0.416 e. The van der Waals surface area contributed by atoms with Crippen LogP contribution < -0.4 is 10.5 Å². The minimum Gasteiger partial charge on any atom is -0.481 e. The van der Waals surface area contributed by atoms with Gasteiger partial charge in [0.25, 0.3) is 0 Å². The Morgan fingerprint density at radius 1 is 1.03 bits per heavy atom. The van der Waals surface area contributed by atoms with Crippen molar-refractivity contribution in [3.8, 4) is 5.75 Å². The van der Waals surface area contributed by atoms with E-state index in [1.165, 1.54) is 6.07 Å².